The van der Waals surface area contributed by atoms with Gasteiger partial charge in [-0.2, -0.15) is 0 Å². The lowest BCUT2D eigenvalue weighted by molar-refractivity contribution is 0.419. The first-order valence-electron chi connectivity index (χ1n) is 8.61. The molecule has 4 rings (SSSR count). The Morgan fingerprint density at radius 2 is 1.89 bits per heavy atom. The highest BCUT2D eigenvalue weighted by Crippen LogP contribution is 2.36. The van der Waals surface area contributed by atoms with E-state index in [1.54, 1.807) is 25.7 Å². The van der Waals surface area contributed by atoms with Crippen molar-refractivity contribution in [1.29, 1.82) is 0 Å². The number of nitrogens with zero attached hydrogens (tertiary/aromatic N) is 4. The first kappa shape index (κ1) is 16.9. The van der Waals surface area contributed by atoms with Crippen LogP contribution >= 0.6 is 0 Å². The molecule has 1 N–H and O–H groups in total. The van der Waals surface area contributed by atoms with Crippen molar-refractivity contribution < 1.29 is 4.74 Å². The molecular formula is C21H19N5O. The lowest BCUT2D eigenvalue weighted by Gasteiger charge is -2.14. The predicted molar refractivity (Wildman–Crippen MR) is 107 cm³/mol. The van der Waals surface area contributed by atoms with Gasteiger partial charge < -0.3 is 10.1 Å². The van der Waals surface area contributed by atoms with Gasteiger partial charge in [-0.3, -0.25) is 4.98 Å². The Morgan fingerprint density at radius 1 is 1.04 bits per heavy atom. The molecule has 2 aromatic heterocycles. The Bertz CT molecular complexity index is 1110. The van der Waals surface area contributed by atoms with E-state index in [1.807, 2.05) is 25.2 Å². The highest BCUT2D eigenvalue weighted by molar-refractivity contribution is 5.97. The van der Waals surface area contributed by atoms with Crippen LogP contribution < -0.4 is 10.1 Å². The van der Waals surface area contributed by atoms with Gasteiger partial charge in [-0.25, -0.2) is 15.0 Å². The molecule has 2 aromatic carbocycles. The molecule has 0 bridgehead atoms. The number of benzene rings is 2. The van der Waals surface area contributed by atoms with Crippen LogP contribution in [-0.4, -0.2) is 34.1 Å². The first-order chi connectivity index (χ1) is 13.2. The minimum Gasteiger partial charge on any atom is -0.494 e. The van der Waals surface area contributed by atoms with E-state index in [4.69, 9.17) is 9.72 Å². The minimum atomic E-state index is 0.502. The molecule has 134 valence electrons. The SMILES string of the molecule is CNc1nc(-c2cnccn2)nc2c(OC)cc(-c3ccccc3C)cc12. The molecule has 0 saturated carbocycles. The molecular weight excluding hydrogens is 338 g/mol. The summed E-state index contributed by atoms with van der Waals surface area (Å²) in [7, 11) is 3.49. The third-order valence-electron chi connectivity index (χ3n) is 4.47. The highest BCUT2D eigenvalue weighted by Gasteiger charge is 2.16. The van der Waals surface area contributed by atoms with Gasteiger partial charge in [-0.1, -0.05) is 24.3 Å². The molecule has 27 heavy (non-hydrogen) atoms. The van der Waals surface area contributed by atoms with Crippen LogP contribution in [-0.2, 0) is 0 Å². The average molecular weight is 357 g/mol. The summed E-state index contributed by atoms with van der Waals surface area (Å²) in [4.78, 5) is 17.8. The van der Waals surface area contributed by atoms with Gasteiger partial charge in [0.25, 0.3) is 0 Å². The number of aromatic nitrogens is 4. The van der Waals surface area contributed by atoms with Gasteiger partial charge in [-0.15, -0.1) is 0 Å². The second kappa shape index (κ2) is 6.99. The number of hydrogen-bond acceptors (Lipinski definition) is 6. The molecule has 0 radical (unpaired) electrons. The molecule has 0 aliphatic carbocycles. The molecule has 4 aromatic rings. The largest absolute Gasteiger partial charge is 0.494 e. The van der Waals surface area contributed by atoms with Crippen molar-refractivity contribution in [3.8, 4) is 28.4 Å². The Morgan fingerprint density at radius 3 is 2.59 bits per heavy atom. The van der Waals surface area contributed by atoms with Crippen molar-refractivity contribution >= 4 is 16.7 Å². The van der Waals surface area contributed by atoms with Crippen molar-refractivity contribution in [1.82, 2.24) is 19.9 Å². The van der Waals surface area contributed by atoms with Crippen molar-refractivity contribution in [2.24, 2.45) is 0 Å². The molecule has 0 aliphatic heterocycles. The van der Waals surface area contributed by atoms with Crippen LogP contribution in [0.15, 0.2) is 55.0 Å². The molecule has 0 atom stereocenters. The molecule has 0 aliphatic rings. The van der Waals surface area contributed by atoms with E-state index in [2.05, 4.69) is 45.4 Å². The summed E-state index contributed by atoms with van der Waals surface area (Å²) in [6.07, 6.45) is 4.90. The summed E-state index contributed by atoms with van der Waals surface area (Å²) in [5.41, 5.74) is 4.75. The maximum Gasteiger partial charge on any atom is 0.182 e. The molecule has 2 heterocycles. The van der Waals surface area contributed by atoms with Gasteiger partial charge in [0.15, 0.2) is 5.82 Å². The van der Waals surface area contributed by atoms with Gasteiger partial charge in [0.2, 0.25) is 0 Å². The summed E-state index contributed by atoms with van der Waals surface area (Å²) >= 11 is 0. The smallest absolute Gasteiger partial charge is 0.182 e. The Kier molecular flexibility index (Phi) is 4.38. The van der Waals surface area contributed by atoms with Crippen LogP contribution in [0.3, 0.4) is 0 Å². The maximum absolute atomic E-state index is 5.67. The topological polar surface area (TPSA) is 72.8 Å². The number of hydrogen-bond donors (Lipinski definition) is 1. The van der Waals surface area contributed by atoms with Crippen LogP contribution in [0.4, 0.5) is 5.82 Å². The number of rotatable bonds is 4. The molecule has 0 spiro atoms. The van der Waals surface area contributed by atoms with E-state index in [1.165, 1.54) is 5.56 Å². The Balaban J connectivity index is 1.99. The minimum absolute atomic E-state index is 0.502. The van der Waals surface area contributed by atoms with Gasteiger partial charge in [0.1, 0.15) is 22.8 Å². The summed E-state index contributed by atoms with van der Waals surface area (Å²) in [5.74, 6) is 1.91. The van der Waals surface area contributed by atoms with E-state index >= 15 is 0 Å². The lowest BCUT2D eigenvalue weighted by Crippen LogP contribution is -2.01. The standard InChI is InChI=1S/C21H19N5O/c1-13-6-4-5-7-15(13)14-10-16-19(18(11-14)27-3)25-21(26-20(16)22-2)17-12-23-8-9-24-17/h4-12H,1-3H3,(H,22,25,26). The summed E-state index contributed by atoms with van der Waals surface area (Å²) in [6, 6.07) is 12.4. The summed E-state index contributed by atoms with van der Waals surface area (Å²) < 4.78 is 5.67. The number of ether oxygens (including phenoxy) is 1. The van der Waals surface area contributed by atoms with Gasteiger partial charge in [0.05, 0.1) is 13.3 Å². The normalized spacial score (nSPS) is 10.8. The van der Waals surface area contributed by atoms with Crippen LogP contribution in [0.1, 0.15) is 5.56 Å². The summed E-state index contributed by atoms with van der Waals surface area (Å²) in [6.45, 7) is 2.10. The predicted octanol–water partition coefficient (Wildman–Crippen LogP) is 4.11. The number of methoxy groups -OCH3 is 1. The first-order valence-corrected chi connectivity index (χ1v) is 8.61. The fourth-order valence-electron chi connectivity index (χ4n) is 3.13. The van der Waals surface area contributed by atoms with Crippen LogP contribution in [0.25, 0.3) is 33.5 Å². The van der Waals surface area contributed by atoms with E-state index in [-0.39, 0.29) is 0 Å². The van der Waals surface area contributed by atoms with Gasteiger partial charge in [-0.05, 0) is 35.7 Å². The summed E-state index contributed by atoms with van der Waals surface area (Å²) in [5, 5.41) is 4.06. The van der Waals surface area contributed by atoms with Crippen molar-refractivity contribution in [2.45, 2.75) is 6.92 Å². The zero-order chi connectivity index (χ0) is 18.8. The van der Waals surface area contributed by atoms with Crippen molar-refractivity contribution in [3.63, 3.8) is 0 Å². The third kappa shape index (κ3) is 3.06. The van der Waals surface area contributed by atoms with Crippen molar-refractivity contribution in [2.75, 3.05) is 19.5 Å². The maximum atomic E-state index is 5.67. The molecule has 0 amide bonds. The van der Waals surface area contributed by atoms with Gasteiger partial charge >= 0.3 is 0 Å². The molecule has 6 heteroatoms. The number of aryl methyl sites for hydroxylation is 1. The molecule has 0 unspecified atom stereocenters. The van der Waals surface area contributed by atoms with Crippen LogP contribution in [0, 0.1) is 6.92 Å². The highest BCUT2D eigenvalue weighted by atomic mass is 16.5. The Labute approximate surface area is 157 Å². The third-order valence-corrected chi connectivity index (χ3v) is 4.47. The number of anilines is 1. The fraction of sp³-hybridized carbons (Fsp3) is 0.143. The second-order valence-electron chi connectivity index (χ2n) is 6.13. The molecule has 0 saturated heterocycles. The molecule has 0 fully saturated rings. The van der Waals surface area contributed by atoms with Gasteiger partial charge in [0, 0.05) is 24.8 Å². The Hall–Kier alpha value is -3.54. The lowest BCUT2D eigenvalue weighted by atomic mass is 9.98. The van der Waals surface area contributed by atoms with Crippen molar-refractivity contribution in [3.05, 3.63) is 60.6 Å². The van der Waals surface area contributed by atoms with E-state index in [0.29, 0.717) is 17.3 Å². The van der Waals surface area contributed by atoms with E-state index < -0.39 is 0 Å². The number of nitrogens with one attached hydrogen (secondary N) is 1. The van der Waals surface area contributed by atoms with Crippen LogP contribution in [0.2, 0.25) is 0 Å². The van der Waals surface area contributed by atoms with E-state index in [9.17, 15) is 0 Å². The van der Waals surface area contributed by atoms with Crippen LogP contribution in [0.5, 0.6) is 5.75 Å². The monoisotopic (exact) mass is 357 g/mol. The average Bonchev–Trinajstić information content (AvgIpc) is 2.73. The molecule has 6 nitrogen and oxygen atoms in total. The quantitative estimate of drug-likeness (QED) is 0.592. The fourth-order valence-corrected chi connectivity index (χ4v) is 3.13. The number of fused-ring (bicyclic) bond motifs is 1. The van der Waals surface area contributed by atoms with E-state index in [0.717, 1.165) is 27.8 Å². The zero-order valence-electron chi connectivity index (χ0n) is 15.4. The second-order valence-corrected chi connectivity index (χ2v) is 6.13. The zero-order valence-corrected chi connectivity index (χ0v) is 15.4.